The number of halogens is 2. The molecular formula is C22H24ClFN4O2. The van der Waals surface area contributed by atoms with Crippen LogP contribution in [0, 0.1) is 11.7 Å². The summed E-state index contributed by atoms with van der Waals surface area (Å²) < 4.78 is 19.0. The van der Waals surface area contributed by atoms with Crippen LogP contribution in [0.5, 0.6) is 5.75 Å². The zero-order chi connectivity index (χ0) is 21.1. The number of nitrogens with one attached hydrogen (secondary N) is 1. The Morgan fingerprint density at radius 3 is 3.00 bits per heavy atom. The molecule has 0 spiro atoms. The molecule has 1 unspecified atom stereocenters. The minimum absolute atomic E-state index is 0.00296. The topological polar surface area (TPSA) is 66.8 Å². The second-order valence-electron chi connectivity index (χ2n) is 7.84. The van der Waals surface area contributed by atoms with Crippen LogP contribution >= 0.6 is 11.6 Å². The number of rotatable bonds is 7. The van der Waals surface area contributed by atoms with Crippen molar-refractivity contribution in [3.05, 3.63) is 52.6 Å². The van der Waals surface area contributed by atoms with Gasteiger partial charge in [-0.15, -0.1) is 0 Å². The Kier molecular flexibility index (Phi) is 6.41. The third kappa shape index (κ3) is 4.86. The third-order valence-corrected chi connectivity index (χ3v) is 5.74. The molecule has 1 fully saturated rings. The van der Waals surface area contributed by atoms with Crippen LogP contribution in [0.1, 0.15) is 28.9 Å². The molecule has 1 aromatic heterocycles. The summed E-state index contributed by atoms with van der Waals surface area (Å²) in [5.41, 5.74) is 2.57. The molecule has 30 heavy (non-hydrogen) atoms. The monoisotopic (exact) mass is 430 g/mol. The average Bonchev–Trinajstić information content (AvgIpc) is 3.14. The number of carbonyl (C=O) groups is 1. The molecule has 1 atom stereocenters. The van der Waals surface area contributed by atoms with Crippen LogP contribution in [0.25, 0.3) is 0 Å². The maximum absolute atomic E-state index is 13.3. The van der Waals surface area contributed by atoms with E-state index in [1.807, 2.05) is 0 Å². The minimum Gasteiger partial charge on any atom is -0.488 e. The van der Waals surface area contributed by atoms with Gasteiger partial charge in [0, 0.05) is 30.9 Å². The van der Waals surface area contributed by atoms with Gasteiger partial charge in [-0.05, 0) is 50.7 Å². The molecule has 2 aromatic rings. The van der Waals surface area contributed by atoms with Gasteiger partial charge < -0.3 is 15.0 Å². The van der Waals surface area contributed by atoms with Gasteiger partial charge in [-0.25, -0.2) is 4.39 Å². The SMILES string of the molecule is CN1CCC(CNCc2nccc3c2N=C(COc2ccc(F)c(Cl)c2)CC3=O)C1. The van der Waals surface area contributed by atoms with Crippen LogP contribution in [0.15, 0.2) is 35.5 Å². The van der Waals surface area contributed by atoms with Gasteiger partial charge >= 0.3 is 0 Å². The van der Waals surface area contributed by atoms with Crippen LogP contribution in [-0.2, 0) is 6.54 Å². The summed E-state index contributed by atoms with van der Waals surface area (Å²) in [4.78, 5) is 24.1. The second kappa shape index (κ2) is 9.20. The van der Waals surface area contributed by atoms with Gasteiger partial charge in [-0.3, -0.25) is 14.8 Å². The Bertz CT molecular complexity index is 982. The fourth-order valence-corrected chi connectivity index (χ4v) is 4.03. The van der Waals surface area contributed by atoms with Crippen molar-refractivity contribution < 1.29 is 13.9 Å². The van der Waals surface area contributed by atoms with Crippen LogP contribution in [-0.4, -0.2) is 54.7 Å². The number of likely N-dealkylation sites (tertiary alicyclic amines) is 1. The predicted octanol–water partition coefficient (Wildman–Crippen LogP) is 3.65. The lowest BCUT2D eigenvalue weighted by atomic mass is 10.00. The molecular weight excluding hydrogens is 407 g/mol. The summed E-state index contributed by atoms with van der Waals surface area (Å²) in [5.74, 6) is 0.551. The molecule has 1 N–H and O–H groups in total. The lowest BCUT2D eigenvalue weighted by Crippen LogP contribution is -2.26. The summed E-state index contributed by atoms with van der Waals surface area (Å²) >= 11 is 5.79. The van der Waals surface area contributed by atoms with E-state index in [2.05, 4.69) is 27.2 Å². The van der Waals surface area contributed by atoms with E-state index in [1.165, 1.54) is 24.6 Å². The van der Waals surface area contributed by atoms with Crippen molar-refractivity contribution in [2.75, 3.05) is 33.3 Å². The van der Waals surface area contributed by atoms with Gasteiger partial charge in [-0.2, -0.15) is 0 Å². The molecule has 1 saturated heterocycles. The molecule has 0 aliphatic carbocycles. The number of ketones is 1. The highest BCUT2D eigenvalue weighted by Gasteiger charge is 2.24. The maximum Gasteiger partial charge on any atom is 0.170 e. The number of fused-ring (bicyclic) bond motifs is 1. The quantitative estimate of drug-likeness (QED) is 0.726. The lowest BCUT2D eigenvalue weighted by molar-refractivity contribution is 0.0998. The lowest BCUT2D eigenvalue weighted by Gasteiger charge is -2.18. The Labute approximate surface area is 180 Å². The highest BCUT2D eigenvalue weighted by atomic mass is 35.5. The zero-order valence-electron chi connectivity index (χ0n) is 16.8. The molecule has 4 rings (SSSR count). The van der Waals surface area contributed by atoms with Crippen LogP contribution < -0.4 is 10.1 Å². The molecule has 0 radical (unpaired) electrons. The molecule has 2 aliphatic rings. The van der Waals surface area contributed by atoms with Gasteiger partial charge in [0.15, 0.2) is 5.78 Å². The van der Waals surface area contributed by atoms with Gasteiger partial charge in [0.25, 0.3) is 0 Å². The molecule has 3 heterocycles. The Hall–Kier alpha value is -2.35. The van der Waals surface area contributed by atoms with Crippen molar-refractivity contribution in [1.29, 1.82) is 0 Å². The zero-order valence-corrected chi connectivity index (χ0v) is 17.6. The van der Waals surface area contributed by atoms with Crippen molar-refractivity contribution in [2.45, 2.75) is 19.4 Å². The number of hydrogen-bond donors (Lipinski definition) is 1. The van der Waals surface area contributed by atoms with Crippen molar-refractivity contribution in [3.8, 4) is 5.75 Å². The van der Waals surface area contributed by atoms with Gasteiger partial charge in [0.2, 0.25) is 0 Å². The number of pyridine rings is 1. The molecule has 0 amide bonds. The highest BCUT2D eigenvalue weighted by Crippen LogP contribution is 2.29. The normalized spacial score (nSPS) is 19.0. The van der Waals surface area contributed by atoms with Crippen molar-refractivity contribution >= 4 is 28.8 Å². The summed E-state index contributed by atoms with van der Waals surface area (Å²) in [6.07, 6.45) is 3.04. The molecule has 6 nitrogen and oxygen atoms in total. The van der Waals surface area contributed by atoms with Crippen LogP contribution in [0.4, 0.5) is 10.1 Å². The van der Waals surface area contributed by atoms with E-state index in [1.54, 1.807) is 12.3 Å². The van der Waals surface area contributed by atoms with E-state index >= 15 is 0 Å². The standard InChI is InChI=1S/C22H24ClFN4O2/c1-28-7-5-14(12-28)10-25-11-20-22-17(4-6-26-20)21(29)8-15(27-22)13-30-16-2-3-19(24)18(23)9-16/h2-4,6,9,14,25H,5,7-8,10-13H2,1H3. The third-order valence-electron chi connectivity index (χ3n) is 5.45. The van der Waals surface area contributed by atoms with Gasteiger partial charge in [-0.1, -0.05) is 11.6 Å². The summed E-state index contributed by atoms with van der Waals surface area (Å²) in [6.45, 7) is 3.82. The number of benzene rings is 1. The van der Waals surface area contributed by atoms with Crippen molar-refractivity contribution in [1.82, 2.24) is 15.2 Å². The maximum atomic E-state index is 13.3. The van der Waals surface area contributed by atoms with Crippen molar-refractivity contribution in [3.63, 3.8) is 0 Å². The smallest absolute Gasteiger partial charge is 0.170 e. The van der Waals surface area contributed by atoms with E-state index < -0.39 is 5.82 Å². The summed E-state index contributed by atoms with van der Waals surface area (Å²) in [5, 5.41) is 3.45. The molecule has 2 aliphatic heterocycles. The Morgan fingerprint density at radius 2 is 2.23 bits per heavy atom. The first-order valence-corrected chi connectivity index (χ1v) is 10.4. The molecule has 8 heteroatoms. The molecule has 158 valence electrons. The molecule has 0 bridgehead atoms. The van der Waals surface area contributed by atoms with E-state index in [0.717, 1.165) is 25.3 Å². The first kappa shape index (κ1) is 20.9. The van der Waals surface area contributed by atoms with Gasteiger partial charge in [0.1, 0.15) is 18.2 Å². The van der Waals surface area contributed by atoms with E-state index in [4.69, 9.17) is 16.3 Å². The number of carbonyl (C=O) groups excluding carboxylic acids is 1. The highest BCUT2D eigenvalue weighted by molar-refractivity contribution is 6.30. The average molecular weight is 431 g/mol. The molecule has 0 saturated carbocycles. The van der Waals surface area contributed by atoms with E-state index in [-0.39, 0.29) is 23.8 Å². The largest absolute Gasteiger partial charge is 0.488 e. The second-order valence-corrected chi connectivity index (χ2v) is 8.25. The number of hydrogen-bond acceptors (Lipinski definition) is 6. The van der Waals surface area contributed by atoms with Crippen LogP contribution in [0.3, 0.4) is 0 Å². The predicted molar refractivity (Wildman–Crippen MR) is 114 cm³/mol. The number of nitrogens with zero attached hydrogens (tertiary/aromatic N) is 3. The Balaban J connectivity index is 1.44. The van der Waals surface area contributed by atoms with Crippen molar-refractivity contribution in [2.24, 2.45) is 10.9 Å². The minimum atomic E-state index is -0.504. The number of aromatic nitrogens is 1. The van der Waals surface area contributed by atoms with Gasteiger partial charge in [0.05, 0.1) is 28.5 Å². The fraction of sp³-hybridized carbons (Fsp3) is 0.409. The van der Waals surface area contributed by atoms with E-state index in [0.29, 0.717) is 35.2 Å². The number of ether oxygens (including phenoxy) is 1. The number of Topliss-reactive ketones (excluding diaryl/α,β-unsaturated/α-hetero) is 1. The summed E-state index contributed by atoms with van der Waals surface area (Å²) in [6, 6.07) is 5.87. The summed E-state index contributed by atoms with van der Waals surface area (Å²) in [7, 11) is 2.14. The van der Waals surface area contributed by atoms with E-state index in [9.17, 15) is 9.18 Å². The van der Waals surface area contributed by atoms with Crippen LogP contribution in [0.2, 0.25) is 5.02 Å². The fourth-order valence-electron chi connectivity index (χ4n) is 3.86. The number of aliphatic imine (C=N–C) groups is 1. The molecule has 1 aromatic carbocycles. The Morgan fingerprint density at radius 1 is 1.37 bits per heavy atom. The first-order valence-electron chi connectivity index (χ1n) is 10.0. The first-order chi connectivity index (χ1) is 14.5.